The summed E-state index contributed by atoms with van der Waals surface area (Å²) in [5.74, 6) is -1.27. The number of benzene rings is 1. The summed E-state index contributed by atoms with van der Waals surface area (Å²) in [5.41, 5.74) is 6.77. The summed E-state index contributed by atoms with van der Waals surface area (Å²) in [4.78, 5) is 24.0. The van der Waals surface area contributed by atoms with E-state index in [-0.39, 0.29) is 12.5 Å². The van der Waals surface area contributed by atoms with E-state index < -0.39 is 22.0 Å². The fourth-order valence-electron chi connectivity index (χ4n) is 2.87. The zero-order valence-electron chi connectivity index (χ0n) is 14.7. The van der Waals surface area contributed by atoms with Gasteiger partial charge in [0.2, 0.25) is 11.8 Å². The maximum atomic E-state index is 12.6. The number of nitrogens with two attached hydrogens (primary N) is 1. The third-order valence-corrected chi connectivity index (χ3v) is 6.31. The number of carbonyl (C=O) groups excluding carboxylic acids is 2. The highest BCUT2D eigenvalue weighted by molar-refractivity contribution is 7.86. The van der Waals surface area contributed by atoms with Crippen molar-refractivity contribution in [2.45, 2.75) is 19.8 Å². The molecule has 2 rings (SSSR count). The molecule has 1 fully saturated rings. The maximum Gasteiger partial charge on any atom is 0.281 e. The lowest BCUT2D eigenvalue weighted by Gasteiger charge is -2.32. The van der Waals surface area contributed by atoms with Crippen molar-refractivity contribution in [2.24, 2.45) is 11.7 Å². The summed E-state index contributed by atoms with van der Waals surface area (Å²) in [5, 5.41) is 2.79. The van der Waals surface area contributed by atoms with Gasteiger partial charge in [-0.15, -0.1) is 0 Å². The first-order valence-electron chi connectivity index (χ1n) is 8.02. The minimum absolute atomic E-state index is 0.140. The summed E-state index contributed by atoms with van der Waals surface area (Å²) in [7, 11) is -0.600. The van der Waals surface area contributed by atoms with Gasteiger partial charge in [-0.3, -0.25) is 9.59 Å². The van der Waals surface area contributed by atoms with Crippen LogP contribution in [-0.4, -0.2) is 56.0 Å². The fourth-order valence-corrected chi connectivity index (χ4v) is 4.06. The summed E-state index contributed by atoms with van der Waals surface area (Å²) in [6, 6.07) is 4.93. The molecular formula is C16H24N4O4S. The second-order valence-corrected chi connectivity index (χ2v) is 8.46. The lowest BCUT2D eigenvalue weighted by atomic mass is 9.98. The number of hydrogen-bond acceptors (Lipinski definition) is 4. The van der Waals surface area contributed by atoms with Crippen molar-refractivity contribution in [1.29, 1.82) is 0 Å². The van der Waals surface area contributed by atoms with Crippen LogP contribution in [0.2, 0.25) is 0 Å². The van der Waals surface area contributed by atoms with Crippen molar-refractivity contribution < 1.29 is 18.0 Å². The molecule has 1 heterocycles. The smallest absolute Gasteiger partial charge is 0.281 e. The second-order valence-electron chi connectivity index (χ2n) is 6.32. The van der Waals surface area contributed by atoms with Crippen LogP contribution in [0, 0.1) is 12.8 Å². The third kappa shape index (κ3) is 4.17. The number of nitrogens with zero attached hydrogens (tertiary/aromatic N) is 2. The highest BCUT2D eigenvalue weighted by Gasteiger charge is 2.33. The molecule has 1 atom stereocenters. The van der Waals surface area contributed by atoms with E-state index in [1.807, 2.05) is 0 Å². The Morgan fingerprint density at radius 3 is 2.60 bits per heavy atom. The van der Waals surface area contributed by atoms with Gasteiger partial charge in [0, 0.05) is 38.4 Å². The monoisotopic (exact) mass is 368 g/mol. The first-order chi connectivity index (χ1) is 11.6. The molecule has 0 aliphatic carbocycles. The van der Waals surface area contributed by atoms with Gasteiger partial charge in [-0.25, -0.2) is 0 Å². The molecule has 0 radical (unpaired) electrons. The highest BCUT2D eigenvalue weighted by Crippen LogP contribution is 2.24. The minimum atomic E-state index is -3.54. The van der Waals surface area contributed by atoms with Crippen LogP contribution in [0.4, 0.5) is 5.69 Å². The standard InChI is InChI=1S/C16H24N4O4S/c1-11-13(15(17)21)7-4-8-14(11)18-16(22)12-6-5-9-20(10-12)25(23,24)19(2)3/h4,7-8,12H,5-6,9-10H2,1-3H3,(H2,17,21)(H,18,22). The van der Waals surface area contributed by atoms with Crippen LogP contribution < -0.4 is 11.1 Å². The van der Waals surface area contributed by atoms with Crippen LogP contribution in [0.1, 0.15) is 28.8 Å². The van der Waals surface area contributed by atoms with E-state index in [0.717, 1.165) is 4.31 Å². The third-order valence-electron chi connectivity index (χ3n) is 4.40. The molecule has 1 aliphatic rings. The molecule has 1 aliphatic heterocycles. The molecule has 2 amide bonds. The van der Waals surface area contributed by atoms with E-state index in [1.165, 1.54) is 18.4 Å². The van der Waals surface area contributed by atoms with E-state index >= 15 is 0 Å². The number of primary amides is 1. The van der Waals surface area contributed by atoms with E-state index in [1.54, 1.807) is 25.1 Å². The van der Waals surface area contributed by atoms with E-state index in [9.17, 15) is 18.0 Å². The molecule has 0 aromatic heterocycles. The predicted octanol–water partition coefficient (Wildman–Crippen LogP) is 0.551. The van der Waals surface area contributed by atoms with Gasteiger partial charge in [-0.2, -0.15) is 17.0 Å². The SMILES string of the molecule is Cc1c(NC(=O)C2CCCN(S(=O)(=O)N(C)C)C2)cccc1C(N)=O. The molecule has 1 aromatic rings. The Labute approximate surface area is 148 Å². The Balaban J connectivity index is 2.14. The van der Waals surface area contributed by atoms with Crippen LogP contribution in [0.3, 0.4) is 0 Å². The lowest BCUT2D eigenvalue weighted by molar-refractivity contribution is -0.120. The van der Waals surface area contributed by atoms with Crippen LogP contribution in [0.5, 0.6) is 0 Å². The first kappa shape index (κ1) is 19.4. The van der Waals surface area contributed by atoms with Gasteiger partial charge < -0.3 is 11.1 Å². The molecule has 3 N–H and O–H groups in total. The predicted molar refractivity (Wildman–Crippen MR) is 95.2 cm³/mol. The van der Waals surface area contributed by atoms with E-state index in [4.69, 9.17) is 5.73 Å². The molecule has 9 heteroatoms. The van der Waals surface area contributed by atoms with Crippen molar-refractivity contribution in [1.82, 2.24) is 8.61 Å². The molecule has 0 saturated carbocycles. The fraction of sp³-hybridized carbons (Fsp3) is 0.500. The van der Waals surface area contributed by atoms with Gasteiger partial charge >= 0.3 is 0 Å². The van der Waals surface area contributed by atoms with Gasteiger partial charge in [-0.05, 0) is 37.5 Å². The quantitative estimate of drug-likeness (QED) is 0.790. The molecular weight excluding hydrogens is 344 g/mol. The van der Waals surface area contributed by atoms with Crippen molar-refractivity contribution in [3.63, 3.8) is 0 Å². The normalized spacial score (nSPS) is 19.0. The highest BCUT2D eigenvalue weighted by atomic mass is 32.2. The largest absolute Gasteiger partial charge is 0.366 e. The molecule has 25 heavy (non-hydrogen) atoms. The molecule has 1 saturated heterocycles. The summed E-state index contributed by atoms with van der Waals surface area (Å²) in [6.45, 7) is 2.25. The number of piperidine rings is 1. The maximum absolute atomic E-state index is 12.6. The zero-order valence-corrected chi connectivity index (χ0v) is 15.5. The van der Waals surface area contributed by atoms with Crippen molar-refractivity contribution >= 4 is 27.7 Å². The van der Waals surface area contributed by atoms with Gasteiger partial charge in [-0.1, -0.05) is 6.07 Å². The van der Waals surface area contributed by atoms with Crippen molar-refractivity contribution in [2.75, 3.05) is 32.5 Å². The Kier molecular flexibility index (Phi) is 5.81. The van der Waals surface area contributed by atoms with Gasteiger partial charge in [0.15, 0.2) is 0 Å². The molecule has 1 unspecified atom stereocenters. The Bertz CT molecular complexity index is 776. The van der Waals surface area contributed by atoms with E-state index in [2.05, 4.69) is 5.32 Å². The average Bonchev–Trinajstić information content (AvgIpc) is 2.56. The van der Waals surface area contributed by atoms with Crippen LogP contribution in [0.15, 0.2) is 18.2 Å². The minimum Gasteiger partial charge on any atom is -0.366 e. The zero-order chi connectivity index (χ0) is 18.8. The number of hydrogen-bond donors (Lipinski definition) is 2. The second kappa shape index (κ2) is 7.51. The number of amides is 2. The van der Waals surface area contributed by atoms with Crippen molar-refractivity contribution in [3.8, 4) is 0 Å². The summed E-state index contributed by atoms with van der Waals surface area (Å²) < 4.78 is 27.0. The number of nitrogens with one attached hydrogen (secondary N) is 1. The summed E-state index contributed by atoms with van der Waals surface area (Å²) in [6.07, 6.45) is 1.23. The molecule has 0 bridgehead atoms. The van der Waals surface area contributed by atoms with Crippen LogP contribution in [0.25, 0.3) is 0 Å². The van der Waals surface area contributed by atoms with Gasteiger partial charge in [0.25, 0.3) is 10.2 Å². The Hall–Kier alpha value is -1.97. The van der Waals surface area contributed by atoms with Crippen molar-refractivity contribution in [3.05, 3.63) is 29.3 Å². The van der Waals surface area contributed by atoms with Crippen LogP contribution >= 0.6 is 0 Å². The van der Waals surface area contributed by atoms with Gasteiger partial charge in [0.1, 0.15) is 0 Å². The average molecular weight is 368 g/mol. The molecule has 8 nitrogen and oxygen atoms in total. The molecule has 1 aromatic carbocycles. The Morgan fingerprint density at radius 1 is 1.32 bits per heavy atom. The van der Waals surface area contributed by atoms with E-state index in [0.29, 0.717) is 36.2 Å². The molecule has 138 valence electrons. The van der Waals surface area contributed by atoms with Crippen LogP contribution in [-0.2, 0) is 15.0 Å². The van der Waals surface area contributed by atoms with Gasteiger partial charge in [0.05, 0.1) is 5.92 Å². The molecule has 0 spiro atoms. The number of carbonyl (C=O) groups is 2. The first-order valence-corrected chi connectivity index (χ1v) is 9.42. The lowest BCUT2D eigenvalue weighted by Crippen LogP contribution is -2.47. The number of rotatable bonds is 5. The Morgan fingerprint density at radius 2 is 2.00 bits per heavy atom. The number of anilines is 1. The summed E-state index contributed by atoms with van der Waals surface area (Å²) >= 11 is 0. The topological polar surface area (TPSA) is 113 Å².